The Balaban J connectivity index is 1.82. The van der Waals surface area contributed by atoms with Crippen LogP contribution in [0.5, 0.6) is 5.75 Å². The van der Waals surface area contributed by atoms with Gasteiger partial charge in [-0.3, -0.25) is 4.90 Å². The second-order valence-corrected chi connectivity index (χ2v) is 7.39. The number of nitrogens with zero attached hydrogens (tertiary/aromatic N) is 2. The second-order valence-electron chi connectivity index (χ2n) is 5.85. The summed E-state index contributed by atoms with van der Waals surface area (Å²) in [5.74, 6) is 0.338. The lowest BCUT2D eigenvalue weighted by Gasteiger charge is -2.16. The predicted molar refractivity (Wildman–Crippen MR) is 95.4 cm³/mol. The van der Waals surface area contributed by atoms with Gasteiger partial charge in [-0.05, 0) is 42.3 Å². The molecule has 2 aromatic carbocycles. The number of carbonyl (C=O) groups is 1. The normalized spacial score (nSPS) is 14.9. The maximum atomic E-state index is 12.5. The van der Waals surface area contributed by atoms with E-state index in [2.05, 4.69) is 0 Å². The summed E-state index contributed by atoms with van der Waals surface area (Å²) >= 11 is 0. The number of benzene rings is 2. The Labute approximate surface area is 147 Å². The Morgan fingerprint density at radius 3 is 2.32 bits per heavy atom. The smallest absolute Gasteiger partial charge is 0.339 e. The van der Waals surface area contributed by atoms with E-state index < -0.39 is 10.1 Å². The minimum atomic E-state index is -3.92. The second kappa shape index (κ2) is 6.76. The number of hydrogen-bond donors (Lipinski definition) is 0. The zero-order chi connectivity index (χ0) is 18.0. The summed E-state index contributed by atoms with van der Waals surface area (Å²) in [7, 11) is -2.19. The molecule has 132 valence electrons. The summed E-state index contributed by atoms with van der Waals surface area (Å²) in [6.45, 7) is 3.17. The van der Waals surface area contributed by atoms with Gasteiger partial charge in [-0.25, -0.2) is 4.79 Å². The summed E-state index contributed by atoms with van der Waals surface area (Å²) in [5, 5.41) is 0. The van der Waals surface area contributed by atoms with E-state index in [0.717, 1.165) is 5.56 Å². The molecule has 0 saturated carbocycles. The number of urea groups is 1. The predicted octanol–water partition coefficient (Wildman–Crippen LogP) is 2.89. The maximum Gasteiger partial charge on any atom is 0.339 e. The molecule has 0 bridgehead atoms. The minimum absolute atomic E-state index is 0.0576. The number of carbonyl (C=O) groups excluding carboxylic acids is 1. The highest BCUT2D eigenvalue weighted by Gasteiger charge is 2.27. The van der Waals surface area contributed by atoms with E-state index in [1.165, 1.54) is 12.1 Å². The van der Waals surface area contributed by atoms with Crippen LogP contribution in [-0.2, 0) is 16.5 Å². The SMILES string of the molecule is CCc1ccccc1OS(=O)(=O)c1ccc(N2CCN(C)C2=O)cc1. The van der Waals surface area contributed by atoms with E-state index >= 15 is 0 Å². The highest BCUT2D eigenvalue weighted by atomic mass is 32.2. The summed E-state index contributed by atoms with van der Waals surface area (Å²) in [5.41, 5.74) is 1.50. The minimum Gasteiger partial charge on any atom is -0.379 e. The lowest BCUT2D eigenvalue weighted by Crippen LogP contribution is -2.29. The average Bonchev–Trinajstić information content (AvgIpc) is 2.94. The van der Waals surface area contributed by atoms with Crippen LogP contribution in [0.4, 0.5) is 10.5 Å². The van der Waals surface area contributed by atoms with Crippen molar-refractivity contribution in [2.75, 3.05) is 25.0 Å². The van der Waals surface area contributed by atoms with E-state index in [1.54, 1.807) is 41.1 Å². The highest BCUT2D eigenvalue weighted by Crippen LogP contribution is 2.26. The van der Waals surface area contributed by atoms with E-state index in [1.807, 2.05) is 19.1 Å². The molecule has 1 aliphatic heterocycles. The Kier molecular flexibility index (Phi) is 4.67. The van der Waals surface area contributed by atoms with Crippen molar-refractivity contribution < 1.29 is 17.4 Å². The van der Waals surface area contributed by atoms with Crippen LogP contribution in [0, 0.1) is 0 Å². The molecule has 1 aliphatic rings. The zero-order valence-electron chi connectivity index (χ0n) is 14.2. The van der Waals surface area contributed by atoms with Gasteiger partial charge in [-0.15, -0.1) is 0 Å². The van der Waals surface area contributed by atoms with Gasteiger partial charge in [-0.2, -0.15) is 8.42 Å². The number of anilines is 1. The Morgan fingerprint density at radius 2 is 1.72 bits per heavy atom. The third-order valence-corrected chi connectivity index (χ3v) is 5.46. The molecule has 0 unspecified atom stereocenters. The van der Waals surface area contributed by atoms with Crippen LogP contribution in [0.3, 0.4) is 0 Å². The van der Waals surface area contributed by atoms with E-state index in [0.29, 0.717) is 30.9 Å². The number of likely N-dealkylation sites (N-methyl/N-ethyl adjacent to an activating group) is 1. The van der Waals surface area contributed by atoms with Gasteiger partial charge in [-0.1, -0.05) is 25.1 Å². The van der Waals surface area contributed by atoms with Gasteiger partial charge in [0.05, 0.1) is 0 Å². The maximum absolute atomic E-state index is 12.5. The fourth-order valence-corrected chi connectivity index (χ4v) is 3.69. The largest absolute Gasteiger partial charge is 0.379 e. The van der Waals surface area contributed by atoms with Gasteiger partial charge in [0.1, 0.15) is 10.6 Å². The van der Waals surface area contributed by atoms with Crippen molar-refractivity contribution in [3.8, 4) is 5.75 Å². The molecule has 0 spiro atoms. The molecule has 1 saturated heterocycles. The van der Waals surface area contributed by atoms with Crippen molar-refractivity contribution in [1.82, 2.24) is 4.90 Å². The molecule has 1 heterocycles. The molecule has 3 rings (SSSR count). The van der Waals surface area contributed by atoms with Crippen molar-refractivity contribution in [2.24, 2.45) is 0 Å². The molecule has 25 heavy (non-hydrogen) atoms. The van der Waals surface area contributed by atoms with E-state index in [9.17, 15) is 13.2 Å². The van der Waals surface area contributed by atoms with Crippen LogP contribution in [0.25, 0.3) is 0 Å². The fourth-order valence-electron chi connectivity index (χ4n) is 2.72. The van der Waals surface area contributed by atoms with Gasteiger partial charge < -0.3 is 9.08 Å². The topological polar surface area (TPSA) is 66.9 Å². The van der Waals surface area contributed by atoms with Gasteiger partial charge in [0, 0.05) is 25.8 Å². The first-order valence-corrected chi connectivity index (χ1v) is 9.48. The molecule has 0 aromatic heterocycles. The zero-order valence-corrected chi connectivity index (χ0v) is 15.0. The molecule has 2 aromatic rings. The molecule has 0 N–H and O–H groups in total. The molecule has 2 amide bonds. The third-order valence-electron chi connectivity index (χ3n) is 4.21. The molecule has 0 radical (unpaired) electrons. The molecule has 0 atom stereocenters. The summed E-state index contributed by atoms with van der Waals surface area (Å²) in [6.07, 6.45) is 0.676. The van der Waals surface area contributed by atoms with Crippen molar-refractivity contribution >= 4 is 21.8 Å². The first-order chi connectivity index (χ1) is 11.9. The van der Waals surface area contributed by atoms with Crippen LogP contribution in [0.2, 0.25) is 0 Å². The molecule has 7 heteroatoms. The first kappa shape index (κ1) is 17.3. The van der Waals surface area contributed by atoms with Gasteiger partial charge in [0.15, 0.2) is 0 Å². The third kappa shape index (κ3) is 3.46. The van der Waals surface area contributed by atoms with Crippen LogP contribution >= 0.6 is 0 Å². The van der Waals surface area contributed by atoms with Crippen molar-refractivity contribution in [3.05, 3.63) is 54.1 Å². The van der Waals surface area contributed by atoms with Crippen LogP contribution in [-0.4, -0.2) is 39.5 Å². The summed E-state index contributed by atoms with van der Waals surface area (Å²) in [4.78, 5) is 15.3. The van der Waals surface area contributed by atoms with E-state index in [-0.39, 0.29) is 10.9 Å². The monoisotopic (exact) mass is 360 g/mol. The average molecular weight is 360 g/mol. The van der Waals surface area contributed by atoms with Crippen LogP contribution in [0.15, 0.2) is 53.4 Å². The highest BCUT2D eigenvalue weighted by molar-refractivity contribution is 7.87. The first-order valence-electron chi connectivity index (χ1n) is 8.07. The molecular formula is C18H20N2O4S. The van der Waals surface area contributed by atoms with Crippen LogP contribution < -0.4 is 9.08 Å². The lowest BCUT2D eigenvalue weighted by molar-refractivity contribution is 0.229. The van der Waals surface area contributed by atoms with Gasteiger partial charge in [0.2, 0.25) is 0 Å². The molecule has 1 fully saturated rings. The van der Waals surface area contributed by atoms with Gasteiger partial charge in [0.25, 0.3) is 0 Å². The fraction of sp³-hybridized carbons (Fsp3) is 0.278. The Morgan fingerprint density at radius 1 is 1.04 bits per heavy atom. The van der Waals surface area contributed by atoms with Crippen LogP contribution in [0.1, 0.15) is 12.5 Å². The number of amides is 2. The number of rotatable bonds is 5. The lowest BCUT2D eigenvalue weighted by atomic mass is 10.1. The number of hydrogen-bond acceptors (Lipinski definition) is 4. The van der Waals surface area contributed by atoms with Crippen molar-refractivity contribution in [1.29, 1.82) is 0 Å². The van der Waals surface area contributed by atoms with E-state index in [4.69, 9.17) is 4.18 Å². The molecule has 6 nitrogen and oxygen atoms in total. The quantitative estimate of drug-likeness (QED) is 0.769. The number of para-hydroxylation sites is 1. The number of aryl methyl sites for hydroxylation is 1. The standard InChI is InChI=1S/C18H20N2O4S/c1-3-14-6-4-5-7-17(14)24-25(22,23)16-10-8-15(9-11-16)20-13-12-19(2)18(20)21/h4-11H,3,12-13H2,1-2H3. The Hall–Kier alpha value is -2.54. The van der Waals surface area contributed by atoms with Crippen molar-refractivity contribution in [3.63, 3.8) is 0 Å². The molecule has 0 aliphatic carbocycles. The summed E-state index contributed by atoms with van der Waals surface area (Å²) in [6, 6.07) is 13.1. The van der Waals surface area contributed by atoms with Crippen molar-refractivity contribution in [2.45, 2.75) is 18.2 Å². The Bertz CT molecular complexity index is 878. The summed E-state index contributed by atoms with van der Waals surface area (Å²) < 4.78 is 30.3. The van der Waals surface area contributed by atoms with Gasteiger partial charge >= 0.3 is 16.1 Å². The molecular weight excluding hydrogens is 340 g/mol.